The molecule has 5 heteroatoms. The van der Waals surface area contributed by atoms with E-state index in [1.807, 2.05) is 18.3 Å². The van der Waals surface area contributed by atoms with Gasteiger partial charge in [0.15, 0.2) is 0 Å². The summed E-state index contributed by atoms with van der Waals surface area (Å²) in [6.07, 6.45) is 6.18. The molecule has 5 nitrogen and oxygen atoms in total. The van der Waals surface area contributed by atoms with Crippen LogP contribution in [0.1, 0.15) is 38.5 Å². The highest BCUT2D eigenvalue weighted by Crippen LogP contribution is 2.15. The van der Waals surface area contributed by atoms with Crippen LogP contribution in [0.5, 0.6) is 0 Å². The quantitative estimate of drug-likeness (QED) is 0.661. The molecule has 0 saturated heterocycles. The van der Waals surface area contributed by atoms with Crippen LogP contribution < -0.4 is 5.32 Å². The number of aliphatic carboxylic acids is 1. The fourth-order valence-corrected chi connectivity index (χ4v) is 2.63. The molecule has 0 fully saturated rings. The Hall–Kier alpha value is -2.30. The second-order valence-electron chi connectivity index (χ2n) is 5.73. The summed E-state index contributed by atoms with van der Waals surface area (Å²) in [5, 5.41) is 12.6. The Bertz CT molecular complexity index is 649. The van der Waals surface area contributed by atoms with Crippen LogP contribution in [0.2, 0.25) is 0 Å². The Morgan fingerprint density at radius 3 is 2.61 bits per heavy atom. The maximum Gasteiger partial charge on any atom is 0.303 e. The fourth-order valence-electron chi connectivity index (χ4n) is 2.63. The highest BCUT2D eigenvalue weighted by molar-refractivity contribution is 5.80. The number of benzene rings is 1. The number of fused-ring (bicyclic) bond motifs is 1. The number of rotatable bonds is 10. The lowest BCUT2D eigenvalue weighted by Crippen LogP contribution is -2.25. The highest BCUT2D eigenvalue weighted by Gasteiger charge is 2.04. The van der Waals surface area contributed by atoms with Crippen molar-refractivity contribution < 1.29 is 14.7 Å². The van der Waals surface area contributed by atoms with Crippen LogP contribution in [-0.2, 0) is 16.1 Å². The van der Waals surface area contributed by atoms with Crippen LogP contribution in [0.4, 0.5) is 0 Å². The van der Waals surface area contributed by atoms with Crippen LogP contribution in [0.3, 0.4) is 0 Å². The number of unbranched alkanes of at least 4 members (excludes halogenated alkanes) is 3. The smallest absolute Gasteiger partial charge is 0.303 e. The zero-order valence-electron chi connectivity index (χ0n) is 13.3. The zero-order valence-corrected chi connectivity index (χ0v) is 13.3. The lowest BCUT2D eigenvalue weighted by Gasteiger charge is -2.07. The van der Waals surface area contributed by atoms with Gasteiger partial charge in [-0.05, 0) is 30.4 Å². The van der Waals surface area contributed by atoms with Crippen LogP contribution in [-0.4, -0.2) is 28.1 Å². The van der Waals surface area contributed by atoms with Crippen molar-refractivity contribution >= 4 is 22.8 Å². The van der Waals surface area contributed by atoms with Gasteiger partial charge in [0.1, 0.15) is 0 Å². The van der Waals surface area contributed by atoms with Gasteiger partial charge in [0.2, 0.25) is 5.91 Å². The van der Waals surface area contributed by atoms with Gasteiger partial charge in [0, 0.05) is 37.6 Å². The van der Waals surface area contributed by atoms with Crippen molar-refractivity contribution in [1.29, 1.82) is 0 Å². The number of carbonyl (C=O) groups excluding carboxylic acids is 1. The molecule has 1 amide bonds. The van der Waals surface area contributed by atoms with Gasteiger partial charge in [-0.25, -0.2) is 0 Å². The summed E-state index contributed by atoms with van der Waals surface area (Å²) in [5.41, 5.74) is 1.15. The predicted molar refractivity (Wildman–Crippen MR) is 90.3 cm³/mol. The maximum absolute atomic E-state index is 11.9. The van der Waals surface area contributed by atoms with E-state index in [1.165, 1.54) is 5.39 Å². The monoisotopic (exact) mass is 316 g/mol. The molecular formula is C18H24N2O3. The third kappa shape index (κ3) is 5.77. The zero-order chi connectivity index (χ0) is 16.5. The Labute approximate surface area is 136 Å². The van der Waals surface area contributed by atoms with Crippen molar-refractivity contribution in [3.05, 3.63) is 36.5 Å². The normalized spacial score (nSPS) is 10.8. The maximum atomic E-state index is 11.9. The Kier molecular flexibility index (Phi) is 6.66. The first-order valence-electron chi connectivity index (χ1n) is 8.19. The molecule has 0 bridgehead atoms. The van der Waals surface area contributed by atoms with E-state index in [0.29, 0.717) is 25.9 Å². The standard InChI is InChI=1S/C18H24N2O3/c21-17(19-12-6-2-1-3-9-18(22)23)11-14-20-13-10-15-7-4-5-8-16(15)20/h4-5,7-8,10,13H,1-3,6,9,11-12,14H2,(H,19,21)(H,22,23). The summed E-state index contributed by atoms with van der Waals surface area (Å²) in [6, 6.07) is 10.2. The lowest BCUT2D eigenvalue weighted by atomic mass is 10.1. The molecule has 0 aliphatic rings. The van der Waals surface area contributed by atoms with Gasteiger partial charge >= 0.3 is 5.97 Å². The van der Waals surface area contributed by atoms with Gasteiger partial charge in [0.05, 0.1) is 0 Å². The number of hydrogen-bond acceptors (Lipinski definition) is 2. The van der Waals surface area contributed by atoms with Gasteiger partial charge in [0.25, 0.3) is 0 Å². The molecule has 1 aromatic carbocycles. The van der Waals surface area contributed by atoms with E-state index in [0.717, 1.165) is 24.8 Å². The number of carboxylic acids is 1. The first-order chi connectivity index (χ1) is 11.2. The number of hydrogen-bond donors (Lipinski definition) is 2. The first kappa shape index (κ1) is 17.1. The van der Waals surface area contributed by atoms with Crippen molar-refractivity contribution in [3.63, 3.8) is 0 Å². The molecule has 0 spiro atoms. The van der Waals surface area contributed by atoms with E-state index in [4.69, 9.17) is 5.11 Å². The van der Waals surface area contributed by atoms with Crippen molar-refractivity contribution in [2.75, 3.05) is 6.54 Å². The number of para-hydroxylation sites is 1. The van der Waals surface area contributed by atoms with Crippen molar-refractivity contribution in [3.8, 4) is 0 Å². The highest BCUT2D eigenvalue weighted by atomic mass is 16.4. The van der Waals surface area contributed by atoms with E-state index in [-0.39, 0.29) is 12.3 Å². The topological polar surface area (TPSA) is 71.3 Å². The fraction of sp³-hybridized carbons (Fsp3) is 0.444. The summed E-state index contributed by atoms with van der Waals surface area (Å²) < 4.78 is 2.10. The van der Waals surface area contributed by atoms with Crippen LogP contribution in [0.15, 0.2) is 36.5 Å². The van der Waals surface area contributed by atoms with Crippen LogP contribution in [0, 0.1) is 0 Å². The molecule has 124 valence electrons. The molecule has 2 N–H and O–H groups in total. The SMILES string of the molecule is O=C(O)CCCCCCNC(=O)CCn1ccc2ccccc21. The van der Waals surface area contributed by atoms with Gasteiger partial charge in [-0.1, -0.05) is 31.0 Å². The molecular weight excluding hydrogens is 292 g/mol. The number of carbonyl (C=O) groups is 2. The number of aromatic nitrogens is 1. The third-order valence-corrected chi connectivity index (χ3v) is 3.90. The van der Waals surface area contributed by atoms with Gasteiger partial charge in [-0.15, -0.1) is 0 Å². The lowest BCUT2D eigenvalue weighted by molar-refractivity contribution is -0.137. The Morgan fingerprint density at radius 1 is 1.00 bits per heavy atom. The number of amides is 1. The molecule has 1 aromatic heterocycles. The van der Waals surface area contributed by atoms with Gasteiger partial charge < -0.3 is 15.0 Å². The number of nitrogens with zero attached hydrogens (tertiary/aromatic N) is 1. The van der Waals surface area contributed by atoms with Crippen LogP contribution in [0.25, 0.3) is 10.9 Å². The van der Waals surface area contributed by atoms with Crippen molar-refractivity contribution in [2.45, 2.75) is 45.1 Å². The average Bonchev–Trinajstić information content (AvgIpc) is 2.95. The molecule has 0 atom stereocenters. The molecule has 2 aromatic rings. The third-order valence-electron chi connectivity index (χ3n) is 3.90. The molecule has 0 radical (unpaired) electrons. The van der Waals surface area contributed by atoms with Crippen molar-refractivity contribution in [2.24, 2.45) is 0 Å². The molecule has 0 unspecified atom stereocenters. The molecule has 23 heavy (non-hydrogen) atoms. The van der Waals surface area contributed by atoms with E-state index < -0.39 is 5.97 Å². The predicted octanol–water partition coefficient (Wildman–Crippen LogP) is 3.18. The first-order valence-corrected chi connectivity index (χ1v) is 8.19. The average molecular weight is 316 g/mol. The minimum absolute atomic E-state index is 0.0633. The minimum Gasteiger partial charge on any atom is -0.481 e. The second-order valence-corrected chi connectivity index (χ2v) is 5.73. The van der Waals surface area contributed by atoms with E-state index in [1.54, 1.807) is 0 Å². The summed E-state index contributed by atoms with van der Waals surface area (Å²) >= 11 is 0. The van der Waals surface area contributed by atoms with E-state index in [9.17, 15) is 9.59 Å². The van der Waals surface area contributed by atoms with Crippen molar-refractivity contribution in [1.82, 2.24) is 9.88 Å². The molecule has 2 rings (SSSR count). The van der Waals surface area contributed by atoms with Gasteiger partial charge in [-0.2, -0.15) is 0 Å². The Morgan fingerprint density at radius 2 is 1.78 bits per heavy atom. The van der Waals surface area contributed by atoms with E-state index >= 15 is 0 Å². The summed E-state index contributed by atoms with van der Waals surface area (Å²) in [5.74, 6) is -0.677. The number of aryl methyl sites for hydroxylation is 1. The largest absolute Gasteiger partial charge is 0.481 e. The molecule has 0 aliphatic heterocycles. The Balaban J connectivity index is 1.59. The molecule has 0 aliphatic carbocycles. The van der Waals surface area contributed by atoms with E-state index in [2.05, 4.69) is 28.1 Å². The second kappa shape index (κ2) is 8.98. The van der Waals surface area contributed by atoms with Crippen LogP contribution >= 0.6 is 0 Å². The number of carboxylic acid groups (broad SMARTS) is 1. The molecule has 1 heterocycles. The molecule has 0 saturated carbocycles. The number of nitrogens with one attached hydrogen (secondary N) is 1. The minimum atomic E-state index is -0.740. The summed E-state index contributed by atoms with van der Waals surface area (Å²) in [7, 11) is 0. The van der Waals surface area contributed by atoms with Gasteiger partial charge in [-0.3, -0.25) is 9.59 Å². The summed E-state index contributed by atoms with van der Waals surface area (Å²) in [6.45, 7) is 1.34. The summed E-state index contributed by atoms with van der Waals surface area (Å²) in [4.78, 5) is 22.2.